The lowest BCUT2D eigenvalue weighted by Gasteiger charge is -2.21. The average Bonchev–Trinajstić information content (AvgIpc) is 3.54. The zero-order chi connectivity index (χ0) is 39.5. The Hall–Kier alpha value is -7.49. The summed E-state index contributed by atoms with van der Waals surface area (Å²) in [4.78, 5) is 14.7. The van der Waals surface area contributed by atoms with Crippen LogP contribution in [-0.2, 0) is 5.41 Å². The van der Waals surface area contributed by atoms with E-state index in [4.69, 9.17) is 9.97 Å². The minimum Gasteiger partial charge on any atom is -0.264 e. The van der Waals surface area contributed by atoms with E-state index in [-0.39, 0.29) is 5.41 Å². The van der Waals surface area contributed by atoms with E-state index >= 15 is 0 Å². The first-order chi connectivity index (χ1) is 29.0. The summed E-state index contributed by atoms with van der Waals surface area (Å²) in [6, 6.07) is 67.6. The molecule has 59 heavy (non-hydrogen) atoms. The molecule has 0 N–H and O–H groups in total. The predicted molar refractivity (Wildman–Crippen MR) is 245 cm³/mol. The molecule has 2 aromatic heterocycles. The molecule has 0 fully saturated rings. The SMILES string of the molecule is CC1(C)c2ccc(-c3cccc(-c4ccc(-c5cc(-c6ccc(-c7cccnc7)cc6)nc(-c6ccccc6)n5)c5ccccc45)c3)cc2-c2c1ccc1ccccc21. The van der Waals surface area contributed by atoms with Gasteiger partial charge in [0.2, 0.25) is 0 Å². The van der Waals surface area contributed by atoms with Gasteiger partial charge in [0, 0.05) is 34.5 Å². The van der Waals surface area contributed by atoms with Crippen LogP contribution in [0.15, 0.2) is 200 Å². The number of benzene rings is 8. The van der Waals surface area contributed by atoms with Crippen LogP contribution >= 0.6 is 0 Å². The largest absolute Gasteiger partial charge is 0.264 e. The molecular formula is C56H39N3. The molecule has 3 nitrogen and oxygen atoms in total. The van der Waals surface area contributed by atoms with Crippen molar-refractivity contribution in [2.75, 3.05) is 0 Å². The number of aromatic nitrogens is 3. The number of rotatable bonds is 6. The summed E-state index contributed by atoms with van der Waals surface area (Å²) < 4.78 is 0. The summed E-state index contributed by atoms with van der Waals surface area (Å²) in [5.74, 6) is 0.698. The first-order valence-electron chi connectivity index (χ1n) is 20.2. The molecule has 0 saturated carbocycles. The smallest absolute Gasteiger partial charge is 0.160 e. The highest BCUT2D eigenvalue weighted by Gasteiger charge is 2.36. The van der Waals surface area contributed by atoms with Gasteiger partial charge in [0.25, 0.3) is 0 Å². The molecular weight excluding hydrogens is 715 g/mol. The van der Waals surface area contributed by atoms with Crippen LogP contribution in [0.25, 0.3) is 100.0 Å². The molecule has 0 amide bonds. The molecule has 1 aliphatic carbocycles. The maximum atomic E-state index is 5.23. The number of nitrogens with zero attached hydrogens (tertiary/aromatic N) is 3. The van der Waals surface area contributed by atoms with Gasteiger partial charge in [0.05, 0.1) is 11.4 Å². The van der Waals surface area contributed by atoms with Gasteiger partial charge in [-0.3, -0.25) is 4.98 Å². The Labute approximate surface area is 344 Å². The van der Waals surface area contributed by atoms with E-state index in [1.165, 1.54) is 60.7 Å². The Morgan fingerprint density at radius 3 is 1.81 bits per heavy atom. The highest BCUT2D eigenvalue weighted by atomic mass is 14.9. The molecule has 0 atom stereocenters. The Balaban J connectivity index is 1.01. The molecule has 0 spiro atoms. The van der Waals surface area contributed by atoms with Crippen LogP contribution in [-0.4, -0.2) is 15.0 Å². The zero-order valence-corrected chi connectivity index (χ0v) is 32.9. The van der Waals surface area contributed by atoms with Gasteiger partial charge in [0.1, 0.15) is 0 Å². The van der Waals surface area contributed by atoms with Crippen molar-refractivity contribution in [3.63, 3.8) is 0 Å². The number of hydrogen-bond donors (Lipinski definition) is 0. The molecule has 1 aliphatic rings. The van der Waals surface area contributed by atoms with Crippen LogP contribution in [0.3, 0.4) is 0 Å². The molecule has 0 saturated heterocycles. The van der Waals surface area contributed by atoms with Gasteiger partial charge in [-0.1, -0.05) is 178 Å². The summed E-state index contributed by atoms with van der Waals surface area (Å²) in [6.07, 6.45) is 3.69. The Morgan fingerprint density at radius 2 is 1.00 bits per heavy atom. The van der Waals surface area contributed by atoms with Gasteiger partial charge in [0.15, 0.2) is 5.82 Å². The molecule has 3 heteroatoms. The molecule has 8 aromatic carbocycles. The summed E-state index contributed by atoms with van der Waals surface area (Å²) in [5.41, 5.74) is 17.3. The number of fused-ring (bicyclic) bond motifs is 6. The highest BCUT2D eigenvalue weighted by Crippen LogP contribution is 2.52. The Kier molecular flexibility index (Phi) is 8.16. The van der Waals surface area contributed by atoms with Crippen LogP contribution in [0, 0.1) is 0 Å². The molecule has 0 radical (unpaired) electrons. The lowest BCUT2D eigenvalue weighted by Crippen LogP contribution is -2.14. The first kappa shape index (κ1) is 34.7. The normalized spacial score (nSPS) is 12.7. The standard InChI is InChI=1S/C56H39N3/c1-56(2)50-29-26-41(33-49(50)54-45-18-7-6-12-37(45)25-30-51(54)56)40-15-10-16-42(32-40)44-27-28-48(47-20-9-8-19-46(44)47)53-34-52(58-55(59-53)39-13-4-3-5-14-39)38-23-21-36(22-24-38)43-17-11-31-57-35-43/h3-35H,1-2H3. The molecule has 11 rings (SSSR count). The van der Waals surface area contributed by atoms with Crippen LogP contribution in [0.2, 0.25) is 0 Å². The van der Waals surface area contributed by atoms with Crippen molar-refractivity contribution in [3.05, 3.63) is 212 Å². The fourth-order valence-electron chi connectivity index (χ4n) is 9.16. The third kappa shape index (κ3) is 5.94. The van der Waals surface area contributed by atoms with Crippen molar-refractivity contribution < 1.29 is 0 Å². The van der Waals surface area contributed by atoms with Crippen LogP contribution in [0.4, 0.5) is 0 Å². The fourth-order valence-corrected chi connectivity index (χ4v) is 9.16. The lowest BCUT2D eigenvalue weighted by molar-refractivity contribution is 0.661. The van der Waals surface area contributed by atoms with Crippen molar-refractivity contribution in [3.8, 4) is 78.4 Å². The molecule has 278 valence electrons. The topological polar surface area (TPSA) is 38.7 Å². The summed E-state index contributed by atoms with van der Waals surface area (Å²) in [7, 11) is 0. The van der Waals surface area contributed by atoms with Crippen molar-refractivity contribution in [1.82, 2.24) is 15.0 Å². The zero-order valence-electron chi connectivity index (χ0n) is 32.9. The second-order valence-corrected chi connectivity index (χ2v) is 16.0. The third-order valence-electron chi connectivity index (χ3n) is 12.2. The van der Waals surface area contributed by atoms with E-state index in [9.17, 15) is 0 Å². The molecule has 0 unspecified atom stereocenters. The van der Waals surface area contributed by atoms with E-state index in [1.807, 2.05) is 30.5 Å². The van der Waals surface area contributed by atoms with Crippen molar-refractivity contribution >= 4 is 21.5 Å². The number of hydrogen-bond acceptors (Lipinski definition) is 3. The Morgan fingerprint density at radius 1 is 0.373 bits per heavy atom. The van der Waals surface area contributed by atoms with E-state index in [0.717, 1.165) is 44.6 Å². The molecule has 2 heterocycles. The third-order valence-corrected chi connectivity index (χ3v) is 12.2. The van der Waals surface area contributed by atoms with Crippen LogP contribution in [0.1, 0.15) is 25.0 Å². The van der Waals surface area contributed by atoms with E-state index in [2.05, 4.69) is 183 Å². The summed E-state index contributed by atoms with van der Waals surface area (Å²) in [5, 5.41) is 4.93. The van der Waals surface area contributed by atoms with E-state index in [0.29, 0.717) is 5.82 Å². The van der Waals surface area contributed by atoms with E-state index in [1.54, 1.807) is 6.20 Å². The van der Waals surface area contributed by atoms with Gasteiger partial charge in [-0.05, 0) is 101 Å². The second-order valence-electron chi connectivity index (χ2n) is 16.0. The van der Waals surface area contributed by atoms with Gasteiger partial charge in [-0.2, -0.15) is 0 Å². The second kappa shape index (κ2) is 13.9. The minimum atomic E-state index is -0.0626. The van der Waals surface area contributed by atoms with Gasteiger partial charge in [-0.15, -0.1) is 0 Å². The monoisotopic (exact) mass is 753 g/mol. The van der Waals surface area contributed by atoms with Crippen LogP contribution < -0.4 is 0 Å². The quantitative estimate of drug-likeness (QED) is 0.170. The number of pyridine rings is 1. The van der Waals surface area contributed by atoms with E-state index < -0.39 is 0 Å². The molecule has 0 aliphatic heterocycles. The van der Waals surface area contributed by atoms with Crippen molar-refractivity contribution in [1.29, 1.82) is 0 Å². The average molecular weight is 754 g/mol. The van der Waals surface area contributed by atoms with Crippen molar-refractivity contribution in [2.45, 2.75) is 19.3 Å². The highest BCUT2D eigenvalue weighted by molar-refractivity contribution is 6.06. The van der Waals surface area contributed by atoms with Gasteiger partial charge in [-0.25, -0.2) is 9.97 Å². The minimum absolute atomic E-state index is 0.0626. The summed E-state index contributed by atoms with van der Waals surface area (Å²) in [6.45, 7) is 4.71. The van der Waals surface area contributed by atoms with Gasteiger partial charge >= 0.3 is 0 Å². The molecule has 10 aromatic rings. The van der Waals surface area contributed by atoms with Crippen molar-refractivity contribution in [2.24, 2.45) is 0 Å². The maximum Gasteiger partial charge on any atom is 0.160 e. The summed E-state index contributed by atoms with van der Waals surface area (Å²) >= 11 is 0. The first-order valence-corrected chi connectivity index (χ1v) is 20.2. The van der Waals surface area contributed by atoms with Gasteiger partial charge < -0.3 is 0 Å². The molecule has 0 bridgehead atoms. The van der Waals surface area contributed by atoms with Crippen LogP contribution in [0.5, 0.6) is 0 Å². The predicted octanol–water partition coefficient (Wildman–Crippen LogP) is 14.5. The Bertz CT molecular complexity index is 3220. The maximum absolute atomic E-state index is 5.23. The lowest BCUT2D eigenvalue weighted by atomic mass is 9.82. The fraction of sp³-hybridized carbons (Fsp3) is 0.0536.